The Kier molecular flexibility index (Phi) is 5.02. The van der Waals surface area contributed by atoms with E-state index in [2.05, 4.69) is 22.0 Å². The van der Waals surface area contributed by atoms with Crippen LogP contribution in [0.5, 0.6) is 0 Å². The van der Waals surface area contributed by atoms with Gasteiger partial charge in [0.15, 0.2) is 0 Å². The van der Waals surface area contributed by atoms with Crippen molar-refractivity contribution in [3.8, 4) is 0 Å². The Hall–Kier alpha value is -1.81. The summed E-state index contributed by atoms with van der Waals surface area (Å²) in [5, 5.41) is 2.73. The number of rotatable bonds is 5. The molecule has 21 heavy (non-hydrogen) atoms. The minimum absolute atomic E-state index is 0.00592. The number of aromatic nitrogens is 1. The second-order valence-electron chi connectivity index (χ2n) is 5.05. The molecule has 0 saturated carbocycles. The molecule has 112 valence electrons. The molecule has 0 fully saturated rings. The van der Waals surface area contributed by atoms with Crippen molar-refractivity contribution in [1.29, 1.82) is 0 Å². The van der Waals surface area contributed by atoms with E-state index in [4.69, 9.17) is 11.6 Å². The van der Waals surface area contributed by atoms with Gasteiger partial charge in [-0.05, 0) is 50.6 Å². The third-order valence-corrected chi connectivity index (χ3v) is 3.70. The zero-order valence-corrected chi connectivity index (χ0v) is 12.9. The van der Waals surface area contributed by atoms with E-state index < -0.39 is 5.82 Å². The lowest BCUT2D eigenvalue weighted by Crippen LogP contribution is -2.13. The van der Waals surface area contributed by atoms with Crippen LogP contribution in [0.2, 0.25) is 5.02 Å². The molecule has 0 unspecified atom stereocenters. The third kappa shape index (κ3) is 4.08. The Morgan fingerprint density at radius 2 is 1.90 bits per heavy atom. The monoisotopic (exact) mass is 308 g/mol. The maximum atomic E-state index is 13.0. The van der Waals surface area contributed by atoms with Gasteiger partial charge in [0.25, 0.3) is 0 Å². The van der Waals surface area contributed by atoms with Gasteiger partial charge in [0.05, 0.1) is 5.02 Å². The van der Waals surface area contributed by atoms with Gasteiger partial charge in [0, 0.05) is 30.0 Å². The van der Waals surface area contributed by atoms with Crippen molar-refractivity contribution in [3.63, 3.8) is 0 Å². The fourth-order valence-electron chi connectivity index (χ4n) is 2.25. The van der Waals surface area contributed by atoms with Gasteiger partial charge in [-0.15, -0.1) is 0 Å². The molecular weight excluding hydrogens is 291 g/mol. The van der Waals surface area contributed by atoms with Crippen molar-refractivity contribution >= 4 is 23.2 Å². The van der Waals surface area contributed by atoms with E-state index in [1.807, 2.05) is 13.8 Å². The predicted molar refractivity (Wildman–Crippen MR) is 83.2 cm³/mol. The summed E-state index contributed by atoms with van der Waals surface area (Å²) >= 11 is 5.67. The molecule has 2 rings (SSSR count). The molecule has 1 N–H and O–H groups in total. The van der Waals surface area contributed by atoms with Crippen LogP contribution in [0.3, 0.4) is 0 Å². The summed E-state index contributed by atoms with van der Waals surface area (Å²) in [4.78, 5) is 11.8. The number of nitrogens with zero attached hydrogens (tertiary/aromatic N) is 1. The van der Waals surface area contributed by atoms with E-state index in [-0.39, 0.29) is 10.9 Å². The first-order valence-corrected chi connectivity index (χ1v) is 7.23. The fourth-order valence-corrected chi connectivity index (χ4v) is 2.43. The SMILES string of the molecule is Cc1ccc(C)n1CCCC(=O)Nc1ccc(F)c(Cl)c1. The molecule has 0 spiro atoms. The molecule has 1 heterocycles. The van der Waals surface area contributed by atoms with Gasteiger partial charge in [-0.25, -0.2) is 4.39 Å². The number of hydrogen-bond donors (Lipinski definition) is 1. The summed E-state index contributed by atoms with van der Waals surface area (Å²) in [6, 6.07) is 8.28. The van der Waals surface area contributed by atoms with Crippen molar-refractivity contribution in [1.82, 2.24) is 4.57 Å². The average molecular weight is 309 g/mol. The van der Waals surface area contributed by atoms with Crippen LogP contribution in [0, 0.1) is 19.7 Å². The molecule has 0 aliphatic rings. The van der Waals surface area contributed by atoms with Gasteiger partial charge in [0.1, 0.15) is 5.82 Å². The number of amides is 1. The van der Waals surface area contributed by atoms with Gasteiger partial charge in [-0.2, -0.15) is 0 Å². The summed E-state index contributed by atoms with van der Waals surface area (Å²) in [5.74, 6) is -0.589. The Labute approximate surface area is 128 Å². The largest absolute Gasteiger partial charge is 0.349 e. The lowest BCUT2D eigenvalue weighted by atomic mass is 10.2. The molecule has 2 aromatic rings. The number of carbonyl (C=O) groups is 1. The van der Waals surface area contributed by atoms with Crippen molar-refractivity contribution in [2.24, 2.45) is 0 Å². The summed E-state index contributed by atoms with van der Waals surface area (Å²) < 4.78 is 15.2. The lowest BCUT2D eigenvalue weighted by Gasteiger charge is -2.09. The Morgan fingerprint density at radius 3 is 2.52 bits per heavy atom. The molecule has 0 aliphatic carbocycles. The number of benzene rings is 1. The van der Waals surface area contributed by atoms with Crippen LogP contribution < -0.4 is 5.32 Å². The second kappa shape index (κ2) is 6.76. The van der Waals surface area contributed by atoms with Gasteiger partial charge >= 0.3 is 0 Å². The third-order valence-electron chi connectivity index (χ3n) is 3.41. The van der Waals surface area contributed by atoms with E-state index in [0.717, 1.165) is 13.0 Å². The van der Waals surface area contributed by atoms with E-state index in [0.29, 0.717) is 12.1 Å². The molecule has 3 nitrogen and oxygen atoms in total. The highest BCUT2D eigenvalue weighted by Gasteiger charge is 2.06. The van der Waals surface area contributed by atoms with Crippen LogP contribution in [0.4, 0.5) is 10.1 Å². The molecular formula is C16H18ClFN2O. The maximum absolute atomic E-state index is 13.0. The normalized spacial score (nSPS) is 10.7. The highest BCUT2D eigenvalue weighted by atomic mass is 35.5. The smallest absolute Gasteiger partial charge is 0.224 e. The predicted octanol–water partition coefficient (Wildman–Crippen LogP) is 4.32. The Balaban J connectivity index is 1.84. The van der Waals surface area contributed by atoms with Crippen molar-refractivity contribution < 1.29 is 9.18 Å². The van der Waals surface area contributed by atoms with Crippen LogP contribution in [-0.4, -0.2) is 10.5 Å². The van der Waals surface area contributed by atoms with Gasteiger partial charge in [-0.3, -0.25) is 4.79 Å². The average Bonchev–Trinajstić information content (AvgIpc) is 2.74. The first kappa shape index (κ1) is 15.6. The molecule has 1 aromatic heterocycles. The van der Waals surface area contributed by atoms with E-state index in [1.165, 1.54) is 29.6 Å². The highest BCUT2D eigenvalue weighted by molar-refractivity contribution is 6.31. The summed E-state index contributed by atoms with van der Waals surface area (Å²) in [6.45, 7) is 4.91. The molecule has 0 aliphatic heterocycles. The zero-order chi connectivity index (χ0) is 15.4. The van der Waals surface area contributed by atoms with Crippen molar-refractivity contribution in [2.75, 3.05) is 5.32 Å². The number of aryl methyl sites for hydroxylation is 2. The molecule has 1 aromatic carbocycles. The second-order valence-corrected chi connectivity index (χ2v) is 5.46. The van der Waals surface area contributed by atoms with Crippen LogP contribution in [0.15, 0.2) is 30.3 Å². The molecule has 0 bridgehead atoms. The maximum Gasteiger partial charge on any atom is 0.224 e. The molecule has 0 radical (unpaired) electrons. The van der Waals surface area contributed by atoms with Crippen molar-refractivity contribution in [3.05, 3.63) is 52.6 Å². The van der Waals surface area contributed by atoms with Gasteiger partial charge < -0.3 is 9.88 Å². The minimum atomic E-state index is -0.492. The topological polar surface area (TPSA) is 34.0 Å². The van der Waals surface area contributed by atoms with Gasteiger partial charge in [-0.1, -0.05) is 11.6 Å². The van der Waals surface area contributed by atoms with E-state index >= 15 is 0 Å². The standard InChI is InChI=1S/C16H18ClFN2O/c1-11-5-6-12(2)20(11)9-3-4-16(21)19-13-7-8-15(18)14(17)10-13/h5-8,10H,3-4,9H2,1-2H3,(H,19,21). The van der Waals surface area contributed by atoms with Crippen molar-refractivity contribution in [2.45, 2.75) is 33.2 Å². The summed E-state index contributed by atoms with van der Waals surface area (Å²) in [6.07, 6.45) is 1.16. The van der Waals surface area contributed by atoms with E-state index in [9.17, 15) is 9.18 Å². The minimum Gasteiger partial charge on any atom is -0.349 e. The van der Waals surface area contributed by atoms with Crippen LogP contribution in [0.1, 0.15) is 24.2 Å². The summed E-state index contributed by atoms with van der Waals surface area (Å²) in [5.41, 5.74) is 2.90. The van der Waals surface area contributed by atoms with Crippen LogP contribution in [0.25, 0.3) is 0 Å². The summed E-state index contributed by atoms with van der Waals surface area (Å²) in [7, 11) is 0. The Bertz CT molecular complexity index is 632. The van der Waals surface area contributed by atoms with E-state index in [1.54, 1.807) is 0 Å². The quantitative estimate of drug-likeness (QED) is 0.877. The number of nitrogens with one attached hydrogen (secondary N) is 1. The zero-order valence-electron chi connectivity index (χ0n) is 12.1. The molecule has 1 amide bonds. The number of anilines is 1. The molecule has 0 atom stereocenters. The molecule has 5 heteroatoms. The van der Waals surface area contributed by atoms with Crippen LogP contribution >= 0.6 is 11.6 Å². The number of hydrogen-bond acceptors (Lipinski definition) is 1. The lowest BCUT2D eigenvalue weighted by molar-refractivity contribution is -0.116. The first-order valence-electron chi connectivity index (χ1n) is 6.85. The number of carbonyl (C=O) groups excluding carboxylic acids is 1. The molecule has 0 saturated heterocycles. The fraction of sp³-hybridized carbons (Fsp3) is 0.312. The van der Waals surface area contributed by atoms with Crippen LogP contribution in [-0.2, 0) is 11.3 Å². The van der Waals surface area contributed by atoms with Gasteiger partial charge in [0.2, 0.25) is 5.91 Å². The number of halogens is 2. The first-order chi connectivity index (χ1) is 9.97. The highest BCUT2D eigenvalue weighted by Crippen LogP contribution is 2.19. The Morgan fingerprint density at radius 1 is 1.24 bits per heavy atom.